The van der Waals surface area contributed by atoms with Crippen LogP contribution in [0, 0.1) is 6.92 Å². The van der Waals surface area contributed by atoms with E-state index in [1.54, 1.807) is 13.4 Å². The smallest absolute Gasteiger partial charge is 0.271 e. The molecule has 0 unspecified atom stereocenters. The predicted octanol–water partition coefficient (Wildman–Crippen LogP) is 3.58. The van der Waals surface area contributed by atoms with Crippen molar-refractivity contribution < 1.29 is 9.53 Å². The number of benzene rings is 2. The third kappa shape index (κ3) is 5.01. The molecule has 0 atom stereocenters. The van der Waals surface area contributed by atoms with Gasteiger partial charge in [0.2, 0.25) is 0 Å². The molecule has 1 saturated heterocycles. The molecule has 1 amide bonds. The van der Waals surface area contributed by atoms with E-state index in [-0.39, 0.29) is 30.7 Å². The van der Waals surface area contributed by atoms with Crippen LogP contribution in [0.2, 0.25) is 0 Å². The number of nitrogens with one attached hydrogen (secondary N) is 1. The molecule has 200 valence electrons. The zero-order chi connectivity index (χ0) is 24.6. The topological polar surface area (TPSA) is 88.4 Å². The summed E-state index contributed by atoms with van der Waals surface area (Å²) in [4.78, 5) is 30.4. The Kier molecular flexibility index (Phi) is 8.40. The van der Waals surface area contributed by atoms with Crippen LogP contribution in [0.25, 0.3) is 16.6 Å². The summed E-state index contributed by atoms with van der Waals surface area (Å²) in [6.07, 6.45) is 4.56. The van der Waals surface area contributed by atoms with Crippen LogP contribution in [0.4, 0.5) is 5.69 Å². The van der Waals surface area contributed by atoms with Crippen molar-refractivity contribution >= 4 is 47.3 Å². The Balaban J connectivity index is 0.00000168. The van der Waals surface area contributed by atoms with E-state index in [1.807, 2.05) is 23.8 Å². The number of hydrogen-bond donors (Lipinski definition) is 1. The minimum Gasteiger partial charge on any atom is -0.485 e. The maximum absolute atomic E-state index is 12.1. The lowest BCUT2D eigenvalue weighted by atomic mass is 10.1. The second-order valence-electron chi connectivity index (χ2n) is 9.25. The van der Waals surface area contributed by atoms with E-state index in [4.69, 9.17) is 4.74 Å². The van der Waals surface area contributed by atoms with Gasteiger partial charge in [-0.05, 0) is 37.1 Å². The van der Waals surface area contributed by atoms with Gasteiger partial charge in [0.25, 0.3) is 5.91 Å². The first-order valence-electron chi connectivity index (χ1n) is 12.4. The Bertz CT molecular complexity index is 1450. The summed E-state index contributed by atoms with van der Waals surface area (Å²) in [5.74, 6) is 1.49. The van der Waals surface area contributed by atoms with E-state index >= 15 is 0 Å². The Morgan fingerprint density at radius 2 is 1.79 bits per heavy atom. The van der Waals surface area contributed by atoms with E-state index in [1.165, 1.54) is 11.3 Å². The Labute approximate surface area is 234 Å². The number of nitrogens with zero attached hydrogens (tertiary/aromatic N) is 6. The summed E-state index contributed by atoms with van der Waals surface area (Å²) in [6.45, 7) is 7.16. The number of anilines is 1. The number of carbonyl (C=O) groups excluding carboxylic acids is 1. The summed E-state index contributed by atoms with van der Waals surface area (Å²) in [5, 5.41) is 3.76. The number of hydrogen-bond acceptors (Lipinski definition) is 7. The number of rotatable bonds is 5. The standard InChI is InChI=1S/C27H29N7O2.2ClH/c1-18-29-15-20-21(31-18)6-4-7-22(20)33-13-11-32(12-14-33)10-9-19-5-3-8-23-26(19)36-16-24-25(27(35)28-2)30-17-34(23)24;;/h3-8,15,17H,9-14,16H2,1-2H3,(H,28,35);2*1H. The molecule has 1 N–H and O–H groups in total. The monoisotopic (exact) mass is 555 g/mol. The number of piperazine rings is 1. The number of amides is 1. The maximum atomic E-state index is 12.1. The minimum absolute atomic E-state index is 0. The number of imidazole rings is 1. The highest BCUT2D eigenvalue weighted by molar-refractivity contribution is 5.93. The van der Waals surface area contributed by atoms with Crippen LogP contribution in [0.5, 0.6) is 5.75 Å². The van der Waals surface area contributed by atoms with Gasteiger partial charge in [-0.3, -0.25) is 14.3 Å². The minimum atomic E-state index is -0.197. The number of fused-ring (bicyclic) bond motifs is 4. The highest BCUT2D eigenvalue weighted by Crippen LogP contribution is 2.34. The van der Waals surface area contributed by atoms with Gasteiger partial charge < -0.3 is 15.0 Å². The molecule has 0 radical (unpaired) electrons. The second kappa shape index (κ2) is 11.6. The van der Waals surface area contributed by atoms with Crippen LogP contribution in [0.15, 0.2) is 48.9 Å². The number of halogens is 2. The van der Waals surface area contributed by atoms with Crippen LogP contribution in [0.3, 0.4) is 0 Å². The largest absolute Gasteiger partial charge is 0.485 e. The molecule has 0 aliphatic carbocycles. The van der Waals surface area contributed by atoms with Gasteiger partial charge in [-0.1, -0.05) is 18.2 Å². The molecule has 4 aromatic rings. The molecule has 11 heteroatoms. The lowest BCUT2D eigenvalue weighted by Gasteiger charge is -2.36. The van der Waals surface area contributed by atoms with Crippen LogP contribution in [-0.2, 0) is 13.0 Å². The zero-order valence-corrected chi connectivity index (χ0v) is 23.0. The molecule has 0 spiro atoms. The molecule has 1 fully saturated rings. The van der Waals surface area contributed by atoms with E-state index in [0.29, 0.717) is 12.3 Å². The molecule has 38 heavy (non-hydrogen) atoms. The van der Waals surface area contributed by atoms with Gasteiger partial charge in [0.05, 0.1) is 16.9 Å². The van der Waals surface area contributed by atoms with Gasteiger partial charge in [-0.15, -0.1) is 24.8 Å². The third-order valence-corrected chi connectivity index (χ3v) is 7.13. The molecule has 2 aliphatic heterocycles. The Hall–Kier alpha value is -3.40. The quantitative estimate of drug-likeness (QED) is 0.402. The summed E-state index contributed by atoms with van der Waals surface area (Å²) in [6, 6.07) is 12.5. The SMILES string of the molecule is CNC(=O)c1ncn2c1COc1c(CCN3CCN(c4cccc5nc(C)ncc45)CC3)cccc1-2.Cl.Cl. The molecule has 2 aromatic carbocycles. The number of aryl methyl sites for hydroxylation is 1. The lowest BCUT2D eigenvalue weighted by molar-refractivity contribution is 0.0955. The van der Waals surface area contributed by atoms with Gasteiger partial charge >= 0.3 is 0 Å². The van der Waals surface area contributed by atoms with Crippen molar-refractivity contribution in [1.82, 2.24) is 29.7 Å². The summed E-state index contributed by atoms with van der Waals surface area (Å²) in [7, 11) is 1.61. The summed E-state index contributed by atoms with van der Waals surface area (Å²) < 4.78 is 8.13. The molecule has 9 nitrogen and oxygen atoms in total. The van der Waals surface area contributed by atoms with Gasteiger partial charge in [-0.2, -0.15) is 0 Å². The van der Waals surface area contributed by atoms with Crippen molar-refractivity contribution in [2.75, 3.05) is 44.7 Å². The van der Waals surface area contributed by atoms with E-state index < -0.39 is 0 Å². The normalized spacial score (nSPS) is 14.5. The molecule has 6 rings (SSSR count). The number of aromatic nitrogens is 4. The lowest BCUT2D eigenvalue weighted by Crippen LogP contribution is -2.47. The fraction of sp³-hybridized carbons (Fsp3) is 0.333. The summed E-state index contributed by atoms with van der Waals surface area (Å²) >= 11 is 0. The average Bonchev–Trinajstić information content (AvgIpc) is 3.36. The van der Waals surface area contributed by atoms with Crippen LogP contribution in [-0.4, -0.2) is 70.1 Å². The first kappa shape index (κ1) is 27.6. The van der Waals surface area contributed by atoms with E-state index in [0.717, 1.165) is 73.0 Å². The van der Waals surface area contributed by atoms with E-state index in [2.05, 4.69) is 60.4 Å². The van der Waals surface area contributed by atoms with Crippen LogP contribution >= 0.6 is 24.8 Å². The van der Waals surface area contributed by atoms with Crippen molar-refractivity contribution in [2.45, 2.75) is 20.0 Å². The first-order chi connectivity index (χ1) is 17.6. The van der Waals surface area contributed by atoms with Gasteiger partial charge in [-0.25, -0.2) is 15.0 Å². The van der Waals surface area contributed by atoms with Crippen molar-refractivity contribution in [3.05, 3.63) is 71.7 Å². The first-order valence-corrected chi connectivity index (χ1v) is 12.4. The van der Waals surface area contributed by atoms with Crippen LogP contribution < -0.4 is 15.0 Å². The molecular weight excluding hydrogens is 525 g/mol. The second-order valence-corrected chi connectivity index (χ2v) is 9.25. The van der Waals surface area contributed by atoms with Crippen LogP contribution in [0.1, 0.15) is 27.6 Å². The Morgan fingerprint density at radius 3 is 2.58 bits per heavy atom. The molecule has 0 bridgehead atoms. The molecule has 0 saturated carbocycles. The molecule has 4 heterocycles. The zero-order valence-electron chi connectivity index (χ0n) is 21.4. The highest BCUT2D eigenvalue weighted by atomic mass is 35.5. The Morgan fingerprint density at radius 1 is 1.03 bits per heavy atom. The van der Waals surface area contributed by atoms with Gasteiger partial charge in [0, 0.05) is 57.0 Å². The number of ether oxygens (including phenoxy) is 1. The predicted molar refractivity (Wildman–Crippen MR) is 152 cm³/mol. The van der Waals surface area contributed by atoms with Crippen molar-refractivity contribution in [2.24, 2.45) is 0 Å². The fourth-order valence-corrected chi connectivity index (χ4v) is 5.19. The molecule has 2 aliphatic rings. The van der Waals surface area contributed by atoms with Crippen molar-refractivity contribution in [1.29, 1.82) is 0 Å². The number of para-hydroxylation sites is 1. The highest BCUT2D eigenvalue weighted by Gasteiger charge is 2.26. The van der Waals surface area contributed by atoms with E-state index in [9.17, 15) is 4.79 Å². The fourth-order valence-electron chi connectivity index (χ4n) is 5.19. The molecular formula is C27H31Cl2N7O2. The number of carbonyl (C=O) groups is 1. The van der Waals surface area contributed by atoms with Crippen molar-refractivity contribution in [3.63, 3.8) is 0 Å². The summed E-state index contributed by atoms with van der Waals surface area (Å²) in [5.41, 5.74) is 5.53. The van der Waals surface area contributed by atoms with Gasteiger partial charge in [0.1, 0.15) is 24.5 Å². The molecule has 2 aromatic heterocycles. The average molecular weight is 556 g/mol. The maximum Gasteiger partial charge on any atom is 0.271 e. The third-order valence-electron chi connectivity index (χ3n) is 7.13. The van der Waals surface area contributed by atoms with Crippen molar-refractivity contribution in [3.8, 4) is 11.4 Å². The van der Waals surface area contributed by atoms with Gasteiger partial charge in [0.15, 0.2) is 5.69 Å².